The van der Waals surface area contributed by atoms with Gasteiger partial charge in [0.25, 0.3) is 0 Å². The average Bonchev–Trinajstić information content (AvgIpc) is 4.11. The second-order valence-corrected chi connectivity index (χ2v) is 18.4. The van der Waals surface area contributed by atoms with Crippen molar-refractivity contribution in [3.05, 3.63) is 277 Å². The Balaban J connectivity index is 0.965. The monoisotopic (exact) mass is 886 g/mol. The zero-order valence-electron chi connectivity index (χ0n) is 37.0. The van der Waals surface area contributed by atoms with Gasteiger partial charge in [-0.15, -0.1) is 11.3 Å². The number of para-hydroxylation sites is 2. The van der Waals surface area contributed by atoms with Crippen molar-refractivity contribution in [2.45, 2.75) is 5.41 Å². The Morgan fingerprint density at radius 1 is 0.397 bits per heavy atom. The summed E-state index contributed by atoms with van der Waals surface area (Å²) in [5.74, 6) is 0.850. The van der Waals surface area contributed by atoms with E-state index in [1.165, 1.54) is 49.2 Å². The first-order chi connectivity index (χ1) is 33.7. The van der Waals surface area contributed by atoms with Crippen LogP contribution in [0.2, 0.25) is 0 Å². The highest BCUT2D eigenvalue weighted by Gasteiger charge is 2.46. The molecule has 0 unspecified atom stereocenters. The molecule has 1 aliphatic rings. The van der Waals surface area contributed by atoms with Crippen LogP contribution >= 0.6 is 11.3 Å². The van der Waals surface area contributed by atoms with Crippen LogP contribution < -0.4 is 4.90 Å². The van der Waals surface area contributed by atoms with Crippen LogP contribution in [0.3, 0.4) is 0 Å². The molecule has 12 aromatic rings. The molecule has 0 amide bonds. The summed E-state index contributed by atoms with van der Waals surface area (Å²) < 4.78 is 7.96. The summed E-state index contributed by atoms with van der Waals surface area (Å²) in [4.78, 5) is 7.39. The molecule has 0 aliphatic heterocycles. The van der Waals surface area contributed by atoms with Crippen LogP contribution in [0.4, 0.5) is 17.1 Å². The number of thiazole rings is 1. The fourth-order valence-electron chi connectivity index (χ4n) is 10.5. The Morgan fingerprint density at radius 3 is 1.63 bits per heavy atom. The van der Waals surface area contributed by atoms with E-state index in [2.05, 4.69) is 254 Å². The molecular weight excluding hydrogens is 845 g/mol. The summed E-state index contributed by atoms with van der Waals surface area (Å²) in [5, 5.41) is 2.10. The van der Waals surface area contributed by atoms with Gasteiger partial charge < -0.3 is 9.32 Å². The third-order valence-electron chi connectivity index (χ3n) is 13.6. The smallest absolute Gasteiger partial charge is 0.143 e. The third kappa shape index (κ3) is 6.52. The predicted molar refractivity (Wildman–Crippen MR) is 283 cm³/mol. The van der Waals surface area contributed by atoms with Crippen LogP contribution in [-0.4, -0.2) is 4.98 Å². The van der Waals surface area contributed by atoms with Crippen LogP contribution in [0, 0.1) is 0 Å². The minimum absolute atomic E-state index is 0.534. The fraction of sp³-hybridized carbons (Fsp3) is 0.0156. The van der Waals surface area contributed by atoms with Crippen LogP contribution in [0.1, 0.15) is 22.3 Å². The van der Waals surface area contributed by atoms with Gasteiger partial charge in [0.05, 0.1) is 15.6 Å². The molecule has 2 aromatic heterocycles. The van der Waals surface area contributed by atoms with Gasteiger partial charge in [0.15, 0.2) is 0 Å². The first-order valence-corrected chi connectivity index (χ1v) is 23.9. The Morgan fingerprint density at radius 2 is 0.926 bits per heavy atom. The van der Waals surface area contributed by atoms with Gasteiger partial charge in [0.1, 0.15) is 16.4 Å². The van der Waals surface area contributed by atoms with E-state index in [0.717, 1.165) is 66.6 Å². The minimum atomic E-state index is -0.534. The maximum absolute atomic E-state index is 6.77. The molecule has 0 radical (unpaired) electrons. The van der Waals surface area contributed by atoms with Crippen LogP contribution in [0.15, 0.2) is 259 Å². The van der Waals surface area contributed by atoms with Crippen molar-refractivity contribution in [2.75, 3.05) is 4.90 Å². The quantitative estimate of drug-likeness (QED) is 0.145. The van der Waals surface area contributed by atoms with E-state index in [0.29, 0.717) is 0 Å². The van der Waals surface area contributed by atoms with Crippen molar-refractivity contribution in [1.29, 1.82) is 0 Å². The SMILES string of the molecule is c1ccc(-c2ccc(-c3c(-c4ccc(N(c5ccc(-c6nc7ccccc7s6)cc5)c5ccc6c(c5)C(c5ccccc5)(c5ccccc5)c5ccccc5-6)cc4)oc4ccccc34)cc2)cc1. The van der Waals surface area contributed by atoms with Crippen molar-refractivity contribution in [3.63, 3.8) is 0 Å². The molecule has 3 nitrogen and oxygen atoms in total. The molecular formula is C64H42N2OS. The van der Waals surface area contributed by atoms with E-state index < -0.39 is 5.41 Å². The van der Waals surface area contributed by atoms with Crippen LogP contribution in [0.5, 0.6) is 0 Å². The van der Waals surface area contributed by atoms with Gasteiger partial charge in [0.2, 0.25) is 0 Å². The minimum Gasteiger partial charge on any atom is -0.455 e. The van der Waals surface area contributed by atoms with Gasteiger partial charge >= 0.3 is 0 Å². The lowest BCUT2D eigenvalue weighted by atomic mass is 9.67. The number of benzene rings is 10. The van der Waals surface area contributed by atoms with Crippen molar-refractivity contribution >= 4 is 49.6 Å². The highest BCUT2D eigenvalue weighted by Crippen LogP contribution is 2.57. The Kier molecular flexibility index (Phi) is 9.59. The first-order valence-electron chi connectivity index (χ1n) is 23.1. The Bertz CT molecular complexity index is 3690. The molecule has 0 fully saturated rings. The summed E-state index contributed by atoms with van der Waals surface area (Å²) in [7, 11) is 0. The standard InChI is InChI=1S/C64H42N2OS/c1-4-16-43(17-5-1)44-28-30-45(31-29-44)61-55-23-11-14-26-59(55)67-62(61)46-32-36-50(37-33-46)66(51-38-34-47(35-39-51)63-65-58-25-13-15-27-60(58)68-63)52-40-41-54-53-22-10-12-24-56(53)64(57(54)42-52,48-18-6-2-7-19-48)49-20-8-3-9-21-49/h1-42H. The van der Waals surface area contributed by atoms with Gasteiger partial charge in [-0.1, -0.05) is 176 Å². The molecule has 0 atom stereocenters. The third-order valence-corrected chi connectivity index (χ3v) is 14.7. The zero-order valence-corrected chi connectivity index (χ0v) is 37.8. The van der Waals surface area contributed by atoms with Crippen molar-refractivity contribution in [1.82, 2.24) is 4.98 Å². The maximum atomic E-state index is 6.77. The van der Waals surface area contributed by atoms with Gasteiger partial charge in [-0.25, -0.2) is 4.98 Å². The molecule has 0 saturated heterocycles. The van der Waals surface area contributed by atoms with E-state index in [-0.39, 0.29) is 0 Å². The van der Waals surface area contributed by atoms with Crippen LogP contribution in [0.25, 0.3) is 76.5 Å². The number of hydrogen-bond acceptors (Lipinski definition) is 4. The average molecular weight is 887 g/mol. The summed E-state index contributed by atoms with van der Waals surface area (Å²) in [6.07, 6.45) is 0. The van der Waals surface area contributed by atoms with E-state index in [9.17, 15) is 0 Å². The lowest BCUT2D eigenvalue weighted by Gasteiger charge is -2.35. The summed E-state index contributed by atoms with van der Waals surface area (Å²) in [6, 6.07) is 91.9. The van der Waals surface area contributed by atoms with Gasteiger partial charge in [-0.2, -0.15) is 0 Å². The predicted octanol–water partition coefficient (Wildman–Crippen LogP) is 17.5. The van der Waals surface area contributed by atoms with Gasteiger partial charge in [-0.05, 0) is 129 Å². The van der Waals surface area contributed by atoms with Crippen molar-refractivity contribution in [2.24, 2.45) is 0 Å². The topological polar surface area (TPSA) is 29.3 Å². The molecule has 13 rings (SSSR count). The van der Waals surface area contributed by atoms with E-state index in [4.69, 9.17) is 9.40 Å². The van der Waals surface area contributed by atoms with Crippen LogP contribution in [-0.2, 0) is 5.41 Å². The number of fused-ring (bicyclic) bond motifs is 5. The van der Waals surface area contributed by atoms with Crippen molar-refractivity contribution < 1.29 is 4.42 Å². The lowest BCUT2D eigenvalue weighted by Crippen LogP contribution is -2.28. The first kappa shape index (κ1) is 39.8. The normalized spacial score (nSPS) is 12.5. The number of nitrogens with zero attached hydrogens (tertiary/aromatic N) is 2. The Labute approximate surface area is 399 Å². The summed E-state index contributed by atoms with van der Waals surface area (Å²) in [5.41, 5.74) is 18.7. The van der Waals surface area contributed by atoms with Gasteiger partial charge in [-0.3, -0.25) is 0 Å². The van der Waals surface area contributed by atoms with E-state index in [1.54, 1.807) is 11.3 Å². The number of aromatic nitrogens is 1. The second-order valence-electron chi connectivity index (χ2n) is 17.4. The van der Waals surface area contributed by atoms with Crippen molar-refractivity contribution in [3.8, 4) is 55.3 Å². The zero-order chi connectivity index (χ0) is 45.0. The Hall–Kier alpha value is -8.57. The molecule has 2 heterocycles. The highest BCUT2D eigenvalue weighted by atomic mass is 32.1. The highest BCUT2D eigenvalue weighted by molar-refractivity contribution is 7.21. The molecule has 320 valence electrons. The summed E-state index contributed by atoms with van der Waals surface area (Å²) in [6.45, 7) is 0. The lowest BCUT2D eigenvalue weighted by molar-refractivity contribution is 0.632. The summed E-state index contributed by atoms with van der Waals surface area (Å²) >= 11 is 1.73. The molecule has 0 spiro atoms. The molecule has 0 saturated carbocycles. The number of anilines is 3. The second kappa shape index (κ2) is 16.4. The van der Waals surface area contributed by atoms with E-state index >= 15 is 0 Å². The largest absolute Gasteiger partial charge is 0.455 e. The van der Waals surface area contributed by atoms with Gasteiger partial charge in [0, 0.05) is 39.1 Å². The maximum Gasteiger partial charge on any atom is 0.143 e. The number of hydrogen-bond donors (Lipinski definition) is 0. The molecule has 0 N–H and O–H groups in total. The molecule has 1 aliphatic carbocycles. The molecule has 10 aromatic carbocycles. The number of rotatable bonds is 9. The number of furan rings is 1. The molecule has 68 heavy (non-hydrogen) atoms. The molecule has 4 heteroatoms. The molecule has 0 bridgehead atoms. The fourth-order valence-corrected chi connectivity index (χ4v) is 11.5. The van der Waals surface area contributed by atoms with E-state index in [1.807, 2.05) is 6.07 Å².